The summed E-state index contributed by atoms with van der Waals surface area (Å²) in [6, 6.07) is 1.09. The first-order valence-corrected chi connectivity index (χ1v) is 10.4. The first-order valence-electron chi connectivity index (χ1n) is 10.4. The van der Waals surface area contributed by atoms with Crippen LogP contribution in [0.2, 0.25) is 0 Å². The topological polar surface area (TPSA) is 112 Å². The molecule has 0 aromatic carbocycles. The van der Waals surface area contributed by atoms with Crippen LogP contribution < -0.4 is 10.6 Å². The van der Waals surface area contributed by atoms with Crippen LogP contribution in [-0.4, -0.2) is 70.7 Å². The maximum Gasteiger partial charge on any atom is 0.290 e. The first kappa shape index (κ1) is 20.4. The summed E-state index contributed by atoms with van der Waals surface area (Å²) in [4.78, 5) is 54.4. The molecule has 4 heterocycles. The highest BCUT2D eigenvalue weighted by molar-refractivity contribution is 5.99. The third-order valence-electron chi connectivity index (χ3n) is 5.91. The Kier molecular flexibility index (Phi) is 5.07. The summed E-state index contributed by atoms with van der Waals surface area (Å²) < 4.78 is 5.21. The Morgan fingerprint density at radius 1 is 1.30 bits per heavy atom. The molecule has 9 heteroatoms. The van der Waals surface area contributed by atoms with E-state index in [-0.39, 0.29) is 47.4 Å². The lowest BCUT2D eigenvalue weighted by Crippen LogP contribution is -2.52. The minimum atomic E-state index is -0.763. The summed E-state index contributed by atoms with van der Waals surface area (Å²) in [7, 11) is 0. The van der Waals surface area contributed by atoms with Crippen LogP contribution in [0.4, 0.5) is 0 Å². The van der Waals surface area contributed by atoms with E-state index in [9.17, 15) is 19.2 Å². The van der Waals surface area contributed by atoms with Gasteiger partial charge in [0.15, 0.2) is 5.76 Å². The zero-order valence-electron chi connectivity index (χ0n) is 17.5. The second kappa shape index (κ2) is 7.45. The minimum Gasteiger partial charge on any atom is -0.459 e. The van der Waals surface area contributed by atoms with E-state index in [1.165, 1.54) is 16.1 Å². The number of likely N-dealkylation sites (tertiary alicyclic amines) is 1. The highest BCUT2D eigenvalue weighted by atomic mass is 16.3. The molecular formula is C21H28N4O5. The Morgan fingerprint density at radius 3 is 2.73 bits per heavy atom. The zero-order valence-corrected chi connectivity index (χ0v) is 17.5. The van der Waals surface area contributed by atoms with Crippen molar-refractivity contribution in [1.29, 1.82) is 0 Å². The molecular weight excluding hydrogens is 388 g/mol. The molecule has 1 aromatic heterocycles. The fourth-order valence-electron chi connectivity index (χ4n) is 4.66. The monoisotopic (exact) mass is 416 g/mol. The molecule has 30 heavy (non-hydrogen) atoms. The largest absolute Gasteiger partial charge is 0.459 e. The number of hydrogen-bond donors (Lipinski definition) is 2. The lowest BCUT2D eigenvalue weighted by atomic mass is 9.92. The molecule has 3 aliphatic heterocycles. The number of nitrogens with one attached hydrogen (secondary N) is 2. The van der Waals surface area contributed by atoms with Gasteiger partial charge in [-0.05, 0) is 30.4 Å². The molecule has 9 nitrogen and oxygen atoms in total. The van der Waals surface area contributed by atoms with Crippen molar-refractivity contribution in [3.05, 3.63) is 24.2 Å². The van der Waals surface area contributed by atoms with Crippen molar-refractivity contribution in [3.8, 4) is 0 Å². The van der Waals surface area contributed by atoms with Crippen molar-refractivity contribution in [2.75, 3.05) is 13.1 Å². The second-order valence-corrected chi connectivity index (χ2v) is 9.57. The van der Waals surface area contributed by atoms with Gasteiger partial charge in [-0.2, -0.15) is 0 Å². The second-order valence-electron chi connectivity index (χ2n) is 9.57. The molecule has 1 aromatic rings. The van der Waals surface area contributed by atoms with E-state index >= 15 is 0 Å². The number of rotatable bonds is 3. The summed E-state index contributed by atoms with van der Waals surface area (Å²) in [6.45, 7) is 6.58. The molecule has 3 fully saturated rings. The van der Waals surface area contributed by atoms with Crippen LogP contribution in [0.5, 0.6) is 0 Å². The SMILES string of the molecule is CC(C)(C)CC(=O)NC1CC2C(=O)NC3CCN(C(=O)c4ccco4)C3C(=O)N2C1. The molecule has 0 aliphatic carbocycles. The van der Waals surface area contributed by atoms with Gasteiger partial charge >= 0.3 is 0 Å². The third-order valence-corrected chi connectivity index (χ3v) is 5.91. The number of hydrogen-bond acceptors (Lipinski definition) is 5. The van der Waals surface area contributed by atoms with Gasteiger partial charge in [0.25, 0.3) is 5.91 Å². The summed E-state index contributed by atoms with van der Waals surface area (Å²) in [6.07, 6.45) is 2.67. The lowest BCUT2D eigenvalue weighted by Gasteiger charge is -2.28. The summed E-state index contributed by atoms with van der Waals surface area (Å²) in [5.74, 6) is -0.762. The average molecular weight is 416 g/mol. The summed E-state index contributed by atoms with van der Waals surface area (Å²) in [5, 5.41) is 5.91. The normalized spacial score (nSPS) is 28.6. The van der Waals surface area contributed by atoms with E-state index in [1.807, 2.05) is 20.8 Å². The molecule has 3 saturated heterocycles. The van der Waals surface area contributed by atoms with E-state index in [0.717, 1.165) is 0 Å². The maximum atomic E-state index is 13.4. The number of amides is 4. The van der Waals surface area contributed by atoms with E-state index in [0.29, 0.717) is 25.8 Å². The molecule has 4 atom stereocenters. The fraction of sp³-hybridized carbons (Fsp3) is 0.619. The molecule has 0 saturated carbocycles. The van der Waals surface area contributed by atoms with Gasteiger partial charge in [-0.15, -0.1) is 0 Å². The number of carbonyl (C=O) groups is 4. The smallest absolute Gasteiger partial charge is 0.290 e. The van der Waals surface area contributed by atoms with Crippen molar-refractivity contribution >= 4 is 23.6 Å². The van der Waals surface area contributed by atoms with E-state index < -0.39 is 18.1 Å². The van der Waals surface area contributed by atoms with E-state index in [2.05, 4.69) is 10.6 Å². The average Bonchev–Trinajstić information content (AvgIpc) is 3.37. The van der Waals surface area contributed by atoms with Gasteiger partial charge in [0.05, 0.1) is 12.3 Å². The Bertz CT molecular complexity index is 859. The van der Waals surface area contributed by atoms with Crippen LogP contribution in [0.25, 0.3) is 0 Å². The Balaban J connectivity index is 1.50. The van der Waals surface area contributed by atoms with Crippen LogP contribution in [0.3, 0.4) is 0 Å². The van der Waals surface area contributed by atoms with Gasteiger partial charge in [0, 0.05) is 25.6 Å². The van der Waals surface area contributed by atoms with Crippen LogP contribution in [-0.2, 0) is 14.4 Å². The predicted molar refractivity (Wildman–Crippen MR) is 106 cm³/mol. The van der Waals surface area contributed by atoms with Crippen molar-refractivity contribution in [2.24, 2.45) is 5.41 Å². The van der Waals surface area contributed by atoms with E-state index in [1.54, 1.807) is 12.1 Å². The highest BCUT2D eigenvalue weighted by Crippen LogP contribution is 2.30. The fourth-order valence-corrected chi connectivity index (χ4v) is 4.66. The Morgan fingerprint density at radius 2 is 2.07 bits per heavy atom. The van der Waals surface area contributed by atoms with Crippen molar-refractivity contribution < 1.29 is 23.6 Å². The quantitative estimate of drug-likeness (QED) is 0.746. The van der Waals surface area contributed by atoms with Crippen LogP contribution in [0.1, 0.15) is 50.6 Å². The third kappa shape index (κ3) is 3.80. The van der Waals surface area contributed by atoms with Gasteiger partial charge in [-0.1, -0.05) is 20.8 Å². The van der Waals surface area contributed by atoms with Gasteiger partial charge in [-0.25, -0.2) is 0 Å². The minimum absolute atomic E-state index is 0.0913. The number of fused-ring (bicyclic) bond motifs is 2. The van der Waals surface area contributed by atoms with Crippen LogP contribution >= 0.6 is 0 Å². The molecule has 0 spiro atoms. The molecule has 4 amide bonds. The molecule has 3 aliphatic rings. The number of furan rings is 1. The lowest BCUT2D eigenvalue weighted by molar-refractivity contribution is -0.138. The summed E-state index contributed by atoms with van der Waals surface area (Å²) >= 11 is 0. The molecule has 0 bridgehead atoms. The highest BCUT2D eigenvalue weighted by Gasteiger charge is 2.52. The van der Waals surface area contributed by atoms with Crippen LogP contribution in [0.15, 0.2) is 22.8 Å². The molecule has 2 N–H and O–H groups in total. The number of nitrogens with zero attached hydrogens (tertiary/aromatic N) is 2. The standard InChI is InChI=1S/C21H28N4O5/c1-21(2,3)10-16(26)22-12-9-14-18(27)23-13-6-7-24(17(13)20(29)25(14)11-12)19(28)15-5-4-8-30-15/h4-5,8,12-14,17H,6-7,9-11H2,1-3H3,(H,22,26)(H,23,27). The van der Waals surface area contributed by atoms with Crippen molar-refractivity contribution in [2.45, 2.75) is 64.2 Å². The zero-order chi connectivity index (χ0) is 21.6. The number of carbonyl (C=O) groups excluding carboxylic acids is 4. The Labute approximate surface area is 175 Å². The van der Waals surface area contributed by atoms with Crippen molar-refractivity contribution in [1.82, 2.24) is 20.4 Å². The Hall–Kier alpha value is -2.84. The molecule has 0 radical (unpaired) electrons. The van der Waals surface area contributed by atoms with Gasteiger partial charge in [-0.3, -0.25) is 19.2 Å². The van der Waals surface area contributed by atoms with Gasteiger partial charge in [0.1, 0.15) is 12.1 Å². The van der Waals surface area contributed by atoms with Crippen LogP contribution in [0, 0.1) is 5.41 Å². The van der Waals surface area contributed by atoms with Gasteiger partial charge in [0.2, 0.25) is 17.7 Å². The predicted octanol–water partition coefficient (Wildman–Crippen LogP) is 0.514. The molecule has 4 unspecified atom stereocenters. The van der Waals surface area contributed by atoms with Gasteiger partial charge < -0.3 is 24.9 Å². The molecule has 4 rings (SSSR count). The molecule has 162 valence electrons. The first-order chi connectivity index (χ1) is 14.1. The van der Waals surface area contributed by atoms with E-state index in [4.69, 9.17) is 4.42 Å². The van der Waals surface area contributed by atoms with Crippen molar-refractivity contribution in [3.63, 3.8) is 0 Å². The summed E-state index contributed by atoms with van der Waals surface area (Å²) in [5.41, 5.74) is -0.149. The maximum absolute atomic E-state index is 13.4.